The van der Waals surface area contributed by atoms with E-state index in [-0.39, 0.29) is 17.4 Å². The Labute approximate surface area is 191 Å². The summed E-state index contributed by atoms with van der Waals surface area (Å²) in [7, 11) is 1.39. The number of anilines is 1. The molecule has 2 aromatic carbocycles. The molecule has 0 aromatic heterocycles. The molecule has 0 atom stereocenters. The largest absolute Gasteiger partial charge is 0.465 e. The van der Waals surface area contributed by atoms with Crippen LogP contribution in [-0.2, 0) is 10.2 Å². The molecule has 2 amide bonds. The number of esters is 1. The van der Waals surface area contributed by atoms with Gasteiger partial charge in [-0.25, -0.2) is 9.59 Å². The quantitative estimate of drug-likeness (QED) is 0.497. The highest BCUT2D eigenvalue weighted by atomic mass is 16.5. The first kappa shape index (κ1) is 23.8. The van der Waals surface area contributed by atoms with Gasteiger partial charge in [0.1, 0.15) is 0 Å². The lowest BCUT2D eigenvalue weighted by atomic mass is 9.78. The Hall–Kier alpha value is -2.82. The van der Waals surface area contributed by atoms with Gasteiger partial charge in [-0.2, -0.15) is 0 Å². The van der Waals surface area contributed by atoms with Gasteiger partial charge in [0.25, 0.3) is 0 Å². The zero-order chi connectivity index (χ0) is 23.3. The van der Waals surface area contributed by atoms with Gasteiger partial charge < -0.3 is 15.4 Å². The molecule has 0 bridgehead atoms. The van der Waals surface area contributed by atoms with Gasteiger partial charge in [-0.1, -0.05) is 70.9 Å². The second-order valence-electron chi connectivity index (χ2n) is 9.48. The highest BCUT2D eigenvalue weighted by molar-refractivity contribution is 5.91. The number of carbonyl (C=O) groups excluding carboxylic acids is 2. The molecule has 32 heavy (non-hydrogen) atoms. The molecular weight excluding hydrogens is 400 g/mol. The molecule has 5 heteroatoms. The fourth-order valence-corrected chi connectivity index (χ4v) is 4.80. The molecule has 1 aliphatic rings. The lowest BCUT2D eigenvalue weighted by molar-refractivity contribution is 0.0600. The first-order chi connectivity index (χ1) is 15.3. The number of amides is 2. The van der Waals surface area contributed by atoms with Crippen LogP contribution in [0.3, 0.4) is 0 Å². The second-order valence-corrected chi connectivity index (χ2v) is 9.48. The third-order valence-corrected chi connectivity index (χ3v) is 6.68. The molecular formula is C27H36N2O3. The van der Waals surface area contributed by atoms with E-state index in [1.807, 2.05) is 24.3 Å². The fraction of sp³-hybridized carbons (Fsp3) is 0.481. The maximum atomic E-state index is 13.0. The number of methoxy groups -OCH3 is 1. The standard InChI is InChI=1S/C27H36N2O3/c1-18(2)22-9-8-10-23(19(3)4)24(22)29-26(31)28-17-27(15-6-7-16-27)21-13-11-20(12-14-21)25(30)32-5/h8-14,18-19H,6-7,15-17H2,1-5H3,(H2,28,29,31). The van der Waals surface area contributed by atoms with E-state index in [2.05, 4.69) is 56.5 Å². The van der Waals surface area contributed by atoms with Crippen molar-refractivity contribution in [2.75, 3.05) is 19.0 Å². The predicted octanol–water partition coefficient (Wildman–Crippen LogP) is 6.35. The summed E-state index contributed by atoms with van der Waals surface area (Å²) in [6.07, 6.45) is 4.31. The van der Waals surface area contributed by atoms with E-state index in [1.54, 1.807) is 0 Å². The van der Waals surface area contributed by atoms with Crippen molar-refractivity contribution in [1.29, 1.82) is 0 Å². The number of hydrogen-bond donors (Lipinski definition) is 2. The van der Waals surface area contributed by atoms with Crippen LogP contribution >= 0.6 is 0 Å². The summed E-state index contributed by atoms with van der Waals surface area (Å²) in [6.45, 7) is 9.15. The van der Waals surface area contributed by atoms with Crippen LogP contribution in [0.25, 0.3) is 0 Å². The number of ether oxygens (including phenoxy) is 1. The maximum Gasteiger partial charge on any atom is 0.337 e. The highest BCUT2D eigenvalue weighted by Crippen LogP contribution is 2.41. The normalized spacial score (nSPS) is 15.1. The first-order valence-electron chi connectivity index (χ1n) is 11.6. The van der Waals surface area contributed by atoms with Gasteiger partial charge in [-0.05, 0) is 53.5 Å². The van der Waals surface area contributed by atoms with E-state index in [1.165, 1.54) is 7.11 Å². The zero-order valence-electron chi connectivity index (χ0n) is 20.0. The molecule has 2 aromatic rings. The van der Waals surface area contributed by atoms with Crippen molar-refractivity contribution in [3.63, 3.8) is 0 Å². The molecule has 3 rings (SSSR count). The molecule has 0 heterocycles. The Kier molecular flexibility index (Phi) is 7.60. The minimum Gasteiger partial charge on any atom is -0.465 e. The Balaban J connectivity index is 1.76. The minimum absolute atomic E-state index is 0.107. The summed E-state index contributed by atoms with van der Waals surface area (Å²) >= 11 is 0. The minimum atomic E-state index is -0.334. The predicted molar refractivity (Wildman–Crippen MR) is 130 cm³/mol. The van der Waals surface area contributed by atoms with E-state index in [9.17, 15) is 9.59 Å². The SMILES string of the molecule is COC(=O)c1ccc(C2(CNC(=O)Nc3c(C(C)C)cccc3C(C)C)CCCC2)cc1. The number of nitrogens with one attached hydrogen (secondary N) is 2. The lowest BCUT2D eigenvalue weighted by Gasteiger charge is -2.30. The highest BCUT2D eigenvalue weighted by Gasteiger charge is 2.36. The number of para-hydroxylation sites is 1. The van der Waals surface area contributed by atoms with Crippen LogP contribution in [0.15, 0.2) is 42.5 Å². The van der Waals surface area contributed by atoms with Crippen LogP contribution in [0.4, 0.5) is 10.5 Å². The third-order valence-electron chi connectivity index (χ3n) is 6.68. The molecule has 0 radical (unpaired) electrons. The molecule has 2 N–H and O–H groups in total. The maximum absolute atomic E-state index is 13.0. The fourth-order valence-electron chi connectivity index (χ4n) is 4.80. The smallest absolute Gasteiger partial charge is 0.337 e. The van der Waals surface area contributed by atoms with E-state index < -0.39 is 0 Å². The van der Waals surface area contributed by atoms with E-state index >= 15 is 0 Å². The van der Waals surface area contributed by atoms with Crippen LogP contribution in [-0.4, -0.2) is 25.7 Å². The van der Waals surface area contributed by atoms with Crippen molar-refractivity contribution >= 4 is 17.7 Å². The van der Waals surface area contributed by atoms with Gasteiger partial charge in [0.05, 0.1) is 12.7 Å². The Morgan fingerprint density at radius 1 is 0.938 bits per heavy atom. The topological polar surface area (TPSA) is 67.4 Å². The van der Waals surface area contributed by atoms with Gasteiger partial charge in [0, 0.05) is 17.6 Å². The van der Waals surface area contributed by atoms with Gasteiger partial charge in [0.15, 0.2) is 0 Å². The molecule has 0 aliphatic heterocycles. The summed E-state index contributed by atoms with van der Waals surface area (Å²) < 4.78 is 4.81. The summed E-state index contributed by atoms with van der Waals surface area (Å²) in [5.74, 6) is 0.302. The lowest BCUT2D eigenvalue weighted by Crippen LogP contribution is -2.41. The van der Waals surface area contributed by atoms with Crippen LogP contribution in [0.2, 0.25) is 0 Å². The summed E-state index contributed by atoms with van der Waals surface area (Å²) in [5.41, 5.74) is 4.83. The van der Waals surface area contributed by atoms with Crippen molar-refractivity contribution in [2.45, 2.75) is 70.6 Å². The van der Waals surface area contributed by atoms with Crippen LogP contribution < -0.4 is 10.6 Å². The third kappa shape index (κ3) is 5.14. The monoisotopic (exact) mass is 436 g/mol. The van der Waals surface area contributed by atoms with Crippen molar-refractivity contribution in [2.24, 2.45) is 0 Å². The Morgan fingerprint density at radius 3 is 2.00 bits per heavy atom. The van der Waals surface area contributed by atoms with Crippen LogP contribution in [0.5, 0.6) is 0 Å². The van der Waals surface area contributed by atoms with Gasteiger partial charge >= 0.3 is 12.0 Å². The molecule has 172 valence electrons. The van der Waals surface area contributed by atoms with E-state index in [0.717, 1.165) is 48.1 Å². The van der Waals surface area contributed by atoms with Crippen molar-refractivity contribution in [1.82, 2.24) is 5.32 Å². The average Bonchev–Trinajstić information content (AvgIpc) is 3.27. The number of urea groups is 1. The molecule has 0 spiro atoms. The molecule has 5 nitrogen and oxygen atoms in total. The number of carbonyl (C=O) groups is 2. The number of rotatable bonds is 7. The summed E-state index contributed by atoms with van der Waals surface area (Å²) in [6, 6.07) is 13.7. The molecule has 1 aliphatic carbocycles. The van der Waals surface area contributed by atoms with E-state index in [0.29, 0.717) is 23.9 Å². The molecule has 1 fully saturated rings. The summed E-state index contributed by atoms with van der Waals surface area (Å²) in [4.78, 5) is 24.8. The molecule has 0 unspecified atom stereocenters. The number of benzene rings is 2. The van der Waals surface area contributed by atoms with Crippen LogP contribution in [0, 0.1) is 0 Å². The van der Waals surface area contributed by atoms with Gasteiger partial charge in [0.2, 0.25) is 0 Å². The van der Waals surface area contributed by atoms with Gasteiger partial charge in [-0.15, -0.1) is 0 Å². The van der Waals surface area contributed by atoms with Gasteiger partial charge in [-0.3, -0.25) is 0 Å². The first-order valence-corrected chi connectivity index (χ1v) is 11.6. The second kappa shape index (κ2) is 10.2. The average molecular weight is 437 g/mol. The Morgan fingerprint density at radius 2 is 1.50 bits per heavy atom. The molecule has 0 saturated heterocycles. The summed E-state index contributed by atoms with van der Waals surface area (Å²) in [5, 5.41) is 6.31. The molecule has 1 saturated carbocycles. The van der Waals surface area contributed by atoms with Crippen molar-refractivity contribution < 1.29 is 14.3 Å². The van der Waals surface area contributed by atoms with Crippen LogP contribution in [0.1, 0.15) is 92.3 Å². The Bertz CT molecular complexity index is 916. The van der Waals surface area contributed by atoms with Crippen molar-refractivity contribution in [3.8, 4) is 0 Å². The zero-order valence-corrected chi connectivity index (χ0v) is 20.0. The van der Waals surface area contributed by atoms with E-state index in [4.69, 9.17) is 4.74 Å². The number of hydrogen-bond acceptors (Lipinski definition) is 3. The van der Waals surface area contributed by atoms with Crippen molar-refractivity contribution in [3.05, 3.63) is 64.7 Å².